The minimum Gasteiger partial charge on any atom is -0.465 e. The lowest BCUT2D eigenvalue weighted by molar-refractivity contribution is -0.114. The van der Waals surface area contributed by atoms with Gasteiger partial charge in [-0.15, -0.1) is 4.40 Å². The van der Waals surface area contributed by atoms with E-state index >= 15 is 0 Å². The lowest BCUT2D eigenvalue weighted by Crippen LogP contribution is -2.18. The summed E-state index contributed by atoms with van der Waals surface area (Å²) in [7, 11) is -4.03. The number of hydrogen-bond acceptors (Lipinski definition) is 4. The third-order valence-corrected chi connectivity index (χ3v) is 4.31. The van der Waals surface area contributed by atoms with Gasteiger partial charge in [0.05, 0.1) is 11.5 Å². The predicted octanol–water partition coefficient (Wildman–Crippen LogP) is 1.84. The lowest BCUT2D eigenvalue weighted by Gasteiger charge is -2.10. The number of anilines is 1. The van der Waals surface area contributed by atoms with Gasteiger partial charge in [-0.1, -0.05) is 24.3 Å². The fourth-order valence-electron chi connectivity index (χ4n) is 2.14. The van der Waals surface area contributed by atoms with Crippen molar-refractivity contribution in [1.29, 1.82) is 0 Å². The van der Waals surface area contributed by atoms with Gasteiger partial charge >= 0.3 is 0 Å². The van der Waals surface area contributed by atoms with Crippen molar-refractivity contribution in [1.82, 2.24) is 0 Å². The number of carbonyl (C=O) groups is 1. The van der Waals surface area contributed by atoms with Crippen molar-refractivity contribution in [2.24, 2.45) is 10.1 Å². The maximum atomic E-state index is 12.4. The average Bonchev–Trinajstić information content (AvgIpc) is 2.46. The zero-order valence-corrected chi connectivity index (χ0v) is 13.6. The molecule has 8 heteroatoms. The average molecular weight is 335 g/mol. The van der Waals surface area contributed by atoms with Crippen molar-refractivity contribution in [3.05, 3.63) is 36.4 Å². The van der Waals surface area contributed by atoms with Gasteiger partial charge in [0.15, 0.2) is 0 Å². The van der Waals surface area contributed by atoms with E-state index in [1.807, 2.05) is 0 Å². The van der Waals surface area contributed by atoms with Crippen molar-refractivity contribution >= 4 is 38.4 Å². The molecule has 0 spiro atoms. The molecule has 0 unspecified atom stereocenters. The van der Waals surface area contributed by atoms with E-state index in [2.05, 4.69) is 9.71 Å². The molecule has 1 amide bonds. The highest BCUT2D eigenvalue weighted by atomic mass is 32.2. The van der Waals surface area contributed by atoms with Gasteiger partial charge in [-0.2, -0.15) is 8.42 Å². The zero-order valence-electron chi connectivity index (χ0n) is 12.7. The summed E-state index contributed by atoms with van der Waals surface area (Å²) in [6.45, 7) is 3.27. The highest BCUT2D eigenvalue weighted by Crippen LogP contribution is 2.30. The molecule has 2 rings (SSSR count). The monoisotopic (exact) mass is 335 g/mol. The van der Waals surface area contributed by atoms with E-state index in [1.54, 1.807) is 31.2 Å². The number of benzene rings is 2. The first-order valence-corrected chi connectivity index (χ1v) is 8.31. The lowest BCUT2D eigenvalue weighted by atomic mass is 10.1. The fraction of sp³-hybridized carbons (Fsp3) is 0.200. The summed E-state index contributed by atoms with van der Waals surface area (Å²) >= 11 is 0. The van der Waals surface area contributed by atoms with Crippen LogP contribution in [0.5, 0.6) is 0 Å². The van der Waals surface area contributed by atoms with Crippen LogP contribution >= 0.6 is 0 Å². The van der Waals surface area contributed by atoms with E-state index in [1.165, 1.54) is 19.1 Å². The molecule has 23 heavy (non-hydrogen) atoms. The zero-order chi connectivity index (χ0) is 17.0. The molecule has 0 saturated heterocycles. The molecule has 2 aromatic carbocycles. The first-order chi connectivity index (χ1) is 10.8. The smallest absolute Gasteiger partial charge is 0.298 e. The number of sulfonamides is 1. The molecule has 0 bridgehead atoms. The Morgan fingerprint density at radius 1 is 1.22 bits per heavy atom. The Morgan fingerprint density at radius 2 is 1.87 bits per heavy atom. The number of rotatable bonds is 4. The highest BCUT2D eigenvalue weighted by Gasteiger charge is 2.19. The topological polar surface area (TPSA) is 111 Å². The summed E-state index contributed by atoms with van der Waals surface area (Å²) < 4.78 is 33.2. The largest absolute Gasteiger partial charge is 0.465 e. The predicted molar refractivity (Wildman–Crippen MR) is 88.7 cm³/mol. The summed E-state index contributed by atoms with van der Waals surface area (Å²) in [6, 6.07) is 9.29. The third-order valence-electron chi connectivity index (χ3n) is 2.98. The van der Waals surface area contributed by atoms with Crippen molar-refractivity contribution < 1.29 is 17.9 Å². The Kier molecular flexibility index (Phi) is 4.85. The number of nitrogens with one attached hydrogen (secondary N) is 1. The van der Waals surface area contributed by atoms with E-state index in [0.29, 0.717) is 16.5 Å². The van der Waals surface area contributed by atoms with Gasteiger partial charge in [0.25, 0.3) is 16.0 Å². The summed E-state index contributed by atoms with van der Waals surface area (Å²) in [6.07, 6.45) is 0. The van der Waals surface area contributed by atoms with Gasteiger partial charge in [0.1, 0.15) is 0 Å². The number of carbonyl (C=O) groups excluding carboxylic acids is 1. The molecule has 3 N–H and O–H groups in total. The van der Waals surface area contributed by atoms with Crippen LogP contribution in [0.25, 0.3) is 10.8 Å². The standard InChI is InChI=1S/C15H17N3O4S/c1-3-22-15(16)18-23(20,21)14-9-8-13(17-10(2)19)11-6-4-5-7-12(11)14/h4-9H,3H2,1-2H3,(H2,16,18)(H,17,19). The van der Waals surface area contributed by atoms with Crippen molar-refractivity contribution in [2.75, 3.05) is 11.9 Å². The van der Waals surface area contributed by atoms with Gasteiger partial charge in [0, 0.05) is 23.4 Å². The number of ether oxygens (including phenoxy) is 1. The van der Waals surface area contributed by atoms with Crippen LogP contribution in [0.3, 0.4) is 0 Å². The minimum atomic E-state index is -4.03. The van der Waals surface area contributed by atoms with E-state index < -0.39 is 16.0 Å². The Hall–Kier alpha value is -2.61. The summed E-state index contributed by atoms with van der Waals surface area (Å²) in [5.74, 6) is -0.246. The number of nitrogens with zero attached hydrogens (tertiary/aromatic N) is 1. The molecule has 7 nitrogen and oxygen atoms in total. The Morgan fingerprint density at radius 3 is 2.48 bits per heavy atom. The van der Waals surface area contributed by atoms with E-state index in [4.69, 9.17) is 10.5 Å². The number of nitrogens with two attached hydrogens (primary N) is 1. The van der Waals surface area contributed by atoms with Crippen LogP contribution in [0.15, 0.2) is 45.7 Å². The Labute approximate surface area is 134 Å². The number of amidine groups is 1. The molecule has 2 aromatic rings. The second kappa shape index (κ2) is 6.66. The molecule has 122 valence electrons. The molecule has 0 aliphatic carbocycles. The molecule has 0 aromatic heterocycles. The first-order valence-electron chi connectivity index (χ1n) is 6.87. The molecule has 0 aliphatic rings. The van der Waals surface area contributed by atoms with Crippen LogP contribution in [-0.4, -0.2) is 27.0 Å². The Balaban J connectivity index is 2.63. The van der Waals surface area contributed by atoms with Crippen molar-refractivity contribution in [2.45, 2.75) is 18.7 Å². The third kappa shape index (κ3) is 3.78. The molecule has 0 heterocycles. The van der Waals surface area contributed by atoms with E-state index in [0.717, 1.165) is 0 Å². The van der Waals surface area contributed by atoms with Gasteiger partial charge < -0.3 is 15.8 Å². The molecular weight excluding hydrogens is 318 g/mol. The maximum Gasteiger partial charge on any atom is 0.298 e. The molecule has 0 atom stereocenters. The van der Waals surface area contributed by atoms with Crippen LogP contribution in [0.4, 0.5) is 5.69 Å². The number of fused-ring (bicyclic) bond motifs is 1. The molecule has 0 fully saturated rings. The first kappa shape index (κ1) is 16.8. The van der Waals surface area contributed by atoms with Crippen LogP contribution in [0.2, 0.25) is 0 Å². The van der Waals surface area contributed by atoms with Gasteiger partial charge in [-0.05, 0) is 19.1 Å². The van der Waals surface area contributed by atoms with Gasteiger partial charge in [-0.25, -0.2) is 0 Å². The second-order valence-corrected chi connectivity index (χ2v) is 6.25. The minimum absolute atomic E-state index is 0.00939. The van der Waals surface area contributed by atoms with E-state index in [-0.39, 0.29) is 17.4 Å². The van der Waals surface area contributed by atoms with Crippen LogP contribution in [0.1, 0.15) is 13.8 Å². The molecular formula is C15H17N3O4S. The van der Waals surface area contributed by atoms with Crippen molar-refractivity contribution in [3.63, 3.8) is 0 Å². The van der Waals surface area contributed by atoms with Gasteiger partial charge in [-0.3, -0.25) is 4.79 Å². The molecule has 0 aliphatic heterocycles. The normalized spacial score (nSPS) is 12.2. The summed E-state index contributed by atoms with van der Waals surface area (Å²) in [5.41, 5.74) is 5.96. The Bertz CT molecular complexity index is 875. The van der Waals surface area contributed by atoms with Crippen molar-refractivity contribution in [3.8, 4) is 0 Å². The maximum absolute atomic E-state index is 12.4. The van der Waals surface area contributed by atoms with Gasteiger partial charge in [0.2, 0.25) is 5.91 Å². The van der Waals surface area contributed by atoms with Crippen LogP contribution in [-0.2, 0) is 19.6 Å². The van der Waals surface area contributed by atoms with Crippen LogP contribution < -0.4 is 11.1 Å². The number of amides is 1. The second-order valence-electron chi connectivity index (χ2n) is 4.68. The summed E-state index contributed by atoms with van der Waals surface area (Å²) in [5, 5.41) is 3.70. The molecule has 0 saturated carbocycles. The SMILES string of the molecule is CCO/C(N)=N/S(=O)(=O)c1ccc(NC(C)=O)c2ccccc12. The number of hydrogen-bond donors (Lipinski definition) is 2. The fourth-order valence-corrected chi connectivity index (χ4v) is 3.22. The molecule has 0 radical (unpaired) electrons. The summed E-state index contributed by atoms with van der Waals surface area (Å²) in [4.78, 5) is 11.3. The highest BCUT2D eigenvalue weighted by molar-refractivity contribution is 7.90. The quantitative estimate of drug-likeness (QED) is 0.654. The van der Waals surface area contributed by atoms with E-state index in [9.17, 15) is 13.2 Å². The van der Waals surface area contributed by atoms with Crippen LogP contribution in [0, 0.1) is 0 Å².